The molecule has 3 rings (SSSR count). The van der Waals surface area contributed by atoms with Crippen LogP contribution in [0, 0.1) is 0 Å². The second-order valence-corrected chi connectivity index (χ2v) is 5.85. The lowest BCUT2D eigenvalue weighted by atomic mass is 10.2. The zero-order valence-electron chi connectivity index (χ0n) is 12.6. The number of rotatable bonds is 9. The van der Waals surface area contributed by atoms with Crippen molar-refractivity contribution in [2.45, 2.75) is 44.6 Å². The van der Waals surface area contributed by atoms with E-state index >= 15 is 0 Å². The van der Waals surface area contributed by atoms with Gasteiger partial charge in [0.25, 0.3) is 0 Å². The van der Waals surface area contributed by atoms with Crippen molar-refractivity contribution in [3.63, 3.8) is 0 Å². The van der Waals surface area contributed by atoms with Gasteiger partial charge in [-0.1, -0.05) is 31.0 Å². The van der Waals surface area contributed by atoms with Gasteiger partial charge < -0.3 is 10.1 Å². The fourth-order valence-electron chi connectivity index (χ4n) is 2.49. The standard InChI is InChI=1S/C18H24N2O/c1(5-11-19-16-9-10-16)2-6-12-21-17-13-15-7-3-4-8-18(15)20-14-17/h3-4,7-8,13-14,16,19H,1-2,5-6,9-12H2. The van der Waals surface area contributed by atoms with Gasteiger partial charge in [-0.2, -0.15) is 0 Å². The number of para-hydroxylation sites is 1. The van der Waals surface area contributed by atoms with Gasteiger partial charge in [-0.15, -0.1) is 0 Å². The Labute approximate surface area is 126 Å². The summed E-state index contributed by atoms with van der Waals surface area (Å²) < 4.78 is 5.79. The zero-order valence-corrected chi connectivity index (χ0v) is 12.6. The van der Waals surface area contributed by atoms with Crippen molar-refractivity contribution in [1.29, 1.82) is 0 Å². The molecule has 1 heterocycles. The van der Waals surface area contributed by atoms with E-state index in [0.29, 0.717) is 0 Å². The fourth-order valence-corrected chi connectivity index (χ4v) is 2.49. The van der Waals surface area contributed by atoms with Gasteiger partial charge in [0.2, 0.25) is 0 Å². The largest absolute Gasteiger partial charge is 0.492 e. The Morgan fingerprint density at radius 1 is 1.10 bits per heavy atom. The first-order valence-electron chi connectivity index (χ1n) is 8.13. The van der Waals surface area contributed by atoms with Crippen molar-refractivity contribution in [1.82, 2.24) is 10.3 Å². The second-order valence-electron chi connectivity index (χ2n) is 5.85. The quantitative estimate of drug-likeness (QED) is 0.709. The molecule has 0 atom stereocenters. The molecule has 0 saturated heterocycles. The summed E-state index contributed by atoms with van der Waals surface area (Å²) in [5, 5.41) is 4.69. The van der Waals surface area contributed by atoms with Gasteiger partial charge in [0, 0.05) is 11.4 Å². The summed E-state index contributed by atoms with van der Waals surface area (Å²) in [7, 11) is 0. The normalized spacial score (nSPS) is 14.5. The predicted molar refractivity (Wildman–Crippen MR) is 86.7 cm³/mol. The molecule has 21 heavy (non-hydrogen) atoms. The molecule has 3 heteroatoms. The smallest absolute Gasteiger partial charge is 0.138 e. The highest BCUT2D eigenvalue weighted by atomic mass is 16.5. The van der Waals surface area contributed by atoms with E-state index in [1.54, 1.807) is 0 Å². The molecule has 0 unspecified atom stereocenters. The van der Waals surface area contributed by atoms with Crippen LogP contribution >= 0.6 is 0 Å². The first-order chi connectivity index (χ1) is 10.4. The van der Waals surface area contributed by atoms with Crippen molar-refractivity contribution >= 4 is 10.9 Å². The third-order valence-electron chi connectivity index (χ3n) is 3.92. The average Bonchev–Trinajstić information content (AvgIpc) is 3.34. The number of nitrogens with zero attached hydrogens (tertiary/aromatic N) is 1. The Kier molecular flexibility index (Phi) is 5.06. The van der Waals surface area contributed by atoms with Crippen LogP contribution in [-0.4, -0.2) is 24.2 Å². The Bertz CT molecular complexity index is 566. The molecule has 112 valence electrons. The molecule has 1 fully saturated rings. The number of fused-ring (bicyclic) bond motifs is 1. The van der Waals surface area contributed by atoms with Crippen LogP contribution in [0.3, 0.4) is 0 Å². The summed E-state index contributed by atoms with van der Waals surface area (Å²) in [4.78, 5) is 4.41. The number of benzene rings is 1. The molecule has 1 aromatic carbocycles. The van der Waals surface area contributed by atoms with Crippen molar-refractivity contribution < 1.29 is 4.74 Å². The average molecular weight is 284 g/mol. The minimum Gasteiger partial charge on any atom is -0.492 e. The lowest BCUT2D eigenvalue weighted by molar-refractivity contribution is 0.304. The summed E-state index contributed by atoms with van der Waals surface area (Å²) >= 11 is 0. The molecule has 3 nitrogen and oxygen atoms in total. The summed E-state index contributed by atoms with van der Waals surface area (Å²) in [5.41, 5.74) is 1.02. The first-order valence-corrected chi connectivity index (χ1v) is 8.13. The van der Waals surface area contributed by atoms with Crippen LogP contribution in [0.2, 0.25) is 0 Å². The highest BCUT2D eigenvalue weighted by Crippen LogP contribution is 2.19. The Morgan fingerprint density at radius 2 is 1.95 bits per heavy atom. The van der Waals surface area contributed by atoms with E-state index in [0.717, 1.165) is 35.7 Å². The summed E-state index contributed by atoms with van der Waals surface area (Å²) in [5.74, 6) is 0.879. The van der Waals surface area contributed by atoms with Gasteiger partial charge >= 0.3 is 0 Å². The van der Waals surface area contributed by atoms with Gasteiger partial charge in [-0.3, -0.25) is 4.98 Å². The molecule has 1 saturated carbocycles. The van der Waals surface area contributed by atoms with E-state index in [1.807, 2.05) is 24.4 Å². The number of ether oxygens (including phenoxy) is 1. The van der Waals surface area contributed by atoms with Gasteiger partial charge in [-0.25, -0.2) is 0 Å². The van der Waals surface area contributed by atoms with Crippen LogP contribution in [0.15, 0.2) is 36.5 Å². The van der Waals surface area contributed by atoms with E-state index in [4.69, 9.17) is 4.74 Å². The molecular weight excluding hydrogens is 260 g/mol. The molecule has 1 N–H and O–H groups in total. The van der Waals surface area contributed by atoms with Crippen LogP contribution in [-0.2, 0) is 0 Å². The zero-order chi connectivity index (χ0) is 14.3. The van der Waals surface area contributed by atoms with Crippen LogP contribution in [0.25, 0.3) is 10.9 Å². The molecular formula is C18H24N2O. The SMILES string of the molecule is c1ccc2ncc(OCCCCCCNC3CC3)cc2c1. The van der Waals surface area contributed by atoms with Crippen molar-refractivity contribution in [3.8, 4) is 5.75 Å². The fraction of sp³-hybridized carbons (Fsp3) is 0.500. The summed E-state index contributed by atoms with van der Waals surface area (Å²) in [6.07, 6.45) is 9.53. The molecule has 0 bridgehead atoms. The third-order valence-corrected chi connectivity index (χ3v) is 3.92. The molecule has 1 aromatic heterocycles. The number of hydrogen-bond donors (Lipinski definition) is 1. The number of aromatic nitrogens is 1. The van der Waals surface area contributed by atoms with Crippen LogP contribution in [0.1, 0.15) is 38.5 Å². The number of hydrogen-bond acceptors (Lipinski definition) is 3. The molecule has 0 radical (unpaired) electrons. The van der Waals surface area contributed by atoms with E-state index in [1.165, 1.54) is 38.6 Å². The Balaban J connectivity index is 1.30. The minimum atomic E-state index is 0.788. The van der Waals surface area contributed by atoms with Gasteiger partial charge in [0.05, 0.1) is 18.3 Å². The van der Waals surface area contributed by atoms with E-state index < -0.39 is 0 Å². The van der Waals surface area contributed by atoms with Crippen molar-refractivity contribution in [3.05, 3.63) is 36.5 Å². The minimum absolute atomic E-state index is 0.788. The summed E-state index contributed by atoms with van der Waals surface area (Å²) in [6.45, 7) is 1.97. The van der Waals surface area contributed by atoms with Crippen LogP contribution in [0.5, 0.6) is 5.75 Å². The number of pyridine rings is 1. The Hall–Kier alpha value is -1.61. The number of unbranched alkanes of at least 4 members (excludes halogenated alkanes) is 3. The molecule has 1 aliphatic rings. The third kappa shape index (κ3) is 4.71. The van der Waals surface area contributed by atoms with E-state index in [2.05, 4.69) is 22.4 Å². The van der Waals surface area contributed by atoms with Crippen LogP contribution < -0.4 is 10.1 Å². The molecule has 0 amide bonds. The highest BCUT2D eigenvalue weighted by Gasteiger charge is 2.19. The topological polar surface area (TPSA) is 34.1 Å². The lowest BCUT2D eigenvalue weighted by Gasteiger charge is -2.07. The van der Waals surface area contributed by atoms with Gasteiger partial charge in [0.15, 0.2) is 0 Å². The van der Waals surface area contributed by atoms with Crippen LogP contribution in [0.4, 0.5) is 0 Å². The van der Waals surface area contributed by atoms with Crippen molar-refractivity contribution in [2.24, 2.45) is 0 Å². The number of nitrogens with one attached hydrogen (secondary N) is 1. The predicted octanol–water partition coefficient (Wildman–Crippen LogP) is 3.93. The van der Waals surface area contributed by atoms with E-state index in [-0.39, 0.29) is 0 Å². The first kappa shape index (κ1) is 14.3. The monoisotopic (exact) mass is 284 g/mol. The molecule has 2 aromatic rings. The maximum atomic E-state index is 5.79. The second kappa shape index (κ2) is 7.41. The molecule has 0 spiro atoms. The Morgan fingerprint density at radius 3 is 2.86 bits per heavy atom. The van der Waals surface area contributed by atoms with Gasteiger partial charge in [-0.05, 0) is 44.4 Å². The summed E-state index contributed by atoms with van der Waals surface area (Å²) in [6, 6.07) is 11.0. The highest BCUT2D eigenvalue weighted by molar-refractivity contribution is 5.79. The maximum absolute atomic E-state index is 5.79. The lowest BCUT2D eigenvalue weighted by Crippen LogP contribution is -2.17. The van der Waals surface area contributed by atoms with Crippen molar-refractivity contribution in [2.75, 3.05) is 13.2 Å². The van der Waals surface area contributed by atoms with E-state index in [9.17, 15) is 0 Å². The van der Waals surface area contributed by atoms with Gasteiger partial charge in [0.1, 0.15) is 5.75 Å². The molecule has 0 aliphatic heterocycles. The maximum Gasteiger partial charge on any atom is 0.138 e. The molecule has 1 aliphatic carbocycles.